The van der Waals surface area contributed by atoms with E-state index in [1.54, 1.807) is 0 Å². The van der Waals surface area contributed by atoms with E-state index in [2.05, 4.69) is 44.6 Å². The minimum atomic E-state index is -0.162. The Balaban J connectivity index is 1.60. The number of benzene rings is 1. The van der Waals surface area contributed by atoms with Gasteiger partial charge in [0.05, 0.1) is 22.8 Å². The van der Waals surface area contributed by atoms with Gasteiger partial charge in [-0.3, -0.25) is 10.1 Å². The van der Waals surface area contributed by atoms with Gasteiger partial charge in [0.1, 0.15) is 17.8 Å². The monoisotopic (exact) mass is 478 g/mol. The van der Waals surface area contributed by atoms with Crippen LogP contribution in [-0.4, -0.2) is 29.1 Å². The van der Waals surface area contributed by atoms with Crippen LogP contribution in [0.3, 0.4) is 0 Å². The van der Waals surface area contributed by atoms with Crippen molar-refractivity contribution in [2.24, 2.45) is 5.14 Å². The summed E-state index contributed by atoms with van der Waals surface area (Å²) < 4.78 is 4.08. The number of nitrogens with two attached hydrogens (primary N) is 2. The molecule has 0 aliphatic heterocycles. The summed E-state index contributed by atoms with van der Waals surface area (Å²) in [7, 11) is 0. The highest BCUT2D eigenvalue weighted by Crippen LogP contribution is 2.37. The first-order valence-corrected chi connectivity index (χ1v) is 12.0. The van der Waals surface area contributed by atoms with Crippen LogP contribution in [-0.2, 0) is 0 Å². The van der Waals surface area contributed by atoms with Gasteiger partial charge in [0.25, 0.3) is 0 Å². The fraction of sp³-hybridized carbons (Fsp3) is 0.0769. The molecule has 1 unspecified atom stereocenters. The summed E-state index contributed by atoms with van der Waals surface area (Å²) in [5.74, 6) is 0.390. The molecule has 1 atom stereocenters. The molecular weight excluding hydrogens is 456 g/mol. The van der Waals surface area contributed by atoms with Gasteiger partial charge in [0, 0.05) is 33.9 Å². The van der Waals surface area contributed by atoms with Gasteiger partial charge in [-0.15, -0.1) is 0 Å². The van der Waals surface area contributed by atoms with Crippen molar-refractivity contribution >= 4 is 34.3 Å². The third-order valence-corrected chi connectivity index (χ3v) is 6.72. The zero-order valence-electron chi connectivity index (χ0n) is 18.9. The van der Waals surface area contributed by atoms with Crippen molar-refractivity contribution in [1.29, 1.82) is 0 Å². The summed E-state index contributed by atoms with van der Waals surface area (Å²) in [5.41, 5.74) is 12.7. The Bertz CT molecular complexity index is 1670. The van der Waals surface area contributed by atoms with E-state index in [0.717, 1.165) is 44.0 Å². The zero-order chi connectivity index (χ0) is 23.9. The third-order valence-electron chi connectivity index (χ3n) is 6.20. The highest BCUT2D eigenvalue weighted by molar-refractivity contribution is 7.97. The van der Waals surface area contributed by atoms with E-state index in [1.807, 2.05) is 65.5 Å². The van der Waals surface area contributed by atoms with Crippen molar-refractivity contribution in [2.45, 2.75) is 17.9 Å². The fourth-order valence-corrected chi connectivity index (χ4v) is 4.91. The molecule has 6 aromatic rings. The number of fused-ring (bicyclic) bond motifs is 2. The van der Waals surface area contributed by atoms with Crippen molar-refractivity contribution in [3.8, 4) is 22.6 Å². The summed E-state index contributed by atoms with van der Waals surface area (Å²) in [5, 5.41) is 11.6. The van der Waals surface area contributed by atoms with Crippen molar-refractivity contribution < 1.29 is 0 Å². The Morgan fingerprint density at radius 3 is 2.66 bits per heavy atom. The summed E-state index contributed by atoms with van der Waals surface area (Å²) in [6, 6.07) is 22.0. The Morgan fingerprint density at radius 2 is 1.83 bits per heavy atom. The number of nitrogen functional groups attached to an aromatic ring is 1. The Hall–Kier alpha value is -4.21. The molecule has 5 aromatic heterocycles. The van der Waals surface area contributed by atoms with Crippen molar-refractivity contribution in [3.63, 3.8) is 0 Å². The Morgan fingerprint density at radius 1 is 0.943 bits per heavy atom. The second-order valence-corrected chi connectivity index (χ2v) is 8.94. The molecule has 8 nitrogen and oxygen atoms in total. The molecule has 0 amide bonds. The lowest BCUT2D eigenvalue weighted by Gasteiger charge is -2.15. The molecule has 0 aliphatic carbocycles. The van der Waals surface area contributed by atoms with Gasteiger partial charge in [-0.25, -0.2) is 14.6 Å². The average Bonchev–Trinajstić information content (AvgIpc) is 3.49. The van der Waals surface area contributed by atoms with Crippen molar-refractivity contribution in [1.82, 2.24) is 29.1 Å². The number of pyridine rings is 2. The van der Waals surface area contributed by atoms with Crippen LogP contribution in [0.25, 0.3) is 39.2 Å². The van der Waals surface area contributed by atoms with Crippen LogP contribution in [0.2, 0.25) is 0 Å². The maximum atomic E-state index is 6.35. The number of rotatable bonds is 5. The molecule has 0 saturated heterocycles. The maximum absolute atomic E-state index is 6.35. The quantitative estimate of drug-likeness (QED) is 0.337. The molecular formula is C26H22N8S. The van der Waals surface area contributed by atoms with Gasteiger partial charge < -0.3 is 10.1 Å². The van der Waals surface area contributed by atoms with Crippen LogP contribution in [0.15, 0.2) is 90.3 Å². The number of anilines is 1. The molecule has 9 heteroatoms. The predicted molar refractivity (Wildman–Crippen MR) is 140 cm³/mol. The fourth-order valence-electron chi connectivity index (χ4n) is 4.55. The molecule has 0 bridgehead atoms. The van der Waals surface area contributed by atoms with Crippen LogP contribution < -0.4 is 10.9 Å². The number of hydrogen-bond acceptors (Lipinski definition) is 7. The second kappa shape index (κ2) is 8.53. The molecule has 0 aliphatic rings. The second-order valence-electron chi connectivity index (χ2n) is 8.23. The first-order valence-electron chi connectivity index (χ1n) is 11.1. The molecule has 0 saturated carbocycles. The molecule has 0 spiro atoms. The summed E-state index contributed by atoms with van der Waals surface area (Å²) in [6.45, 7) is 2.11. The molecule has 0 radical (unpaired) electrons. The van der Waals surface area contributed by atoms with Gasteiger partial charge in [-0.1, -0.05) is 24.3 Å². The molecule has 4 N–H and O–H groups in total. The molecule has 1 aromatic carbocycles. The molecule has 0 fully saturated rings. The molecule has 35 heavy (non-hydrogen) atoms. The average molecular weight is 479 g/mol. The Kier molecular flexibility index (Phi) is 5.20. The van der Waals surface area contributed by atoms with E-state index in [-0.39, 0.29) is 6.04 Å². The van der Waals surface area contributed by atoms with E-state index in [1.165, 1.54) is 18.3 Å². The van der Waals surface area contributed by atoms with Gasteiger partial charge >= 0.3 is 0 Å². The zero-order valence-corrected chi connectivity index (χ0v) is 19.7. The smallest absolute Gasteiger partial charge is 0.164 e. The lowest BCUT2D eigenvalue weighted by atomic mass is 10.1. The largest absolute Gasteiger partial charge is 0.383 e. The first kappa shape index (κ1) is 21.3. The predicted octanol–water partition coefficient (Wildman–Crippen LogP) is 4.97. The van der Waals surface area contributed by atoms with Gasteiger partial charge in [0.2, 0.25) is 0 Å². The summed E-state index contributed by atoms with van der Waals surface area (Å²) >= 11 is 1.19. The normalized spacial score (nSPS) is 12.4. The van der Waals surface area contributed by atoms with Crippen molar-refractivity contribution in [3.05, 3.63) is 91.0 Å². The number of nitrogens with zero attached hydrogens (tertiary/aromatic N) is 6. The summed E-state index contributed by atoms with van der Waals surface area (Å²) in [4.78, 5) is 14.4. The van der Waals surface area contributed by atoms with Gasteiger partial charge in [-0.2, -0.15) is 5.10 Å². The minimum absolute atomic E-state index is 0.162. The number of hydrogen-bond donors (Lipinski definition) is 2. The maximum Gasteiger partial charge on any atom is 0.164 e. The highest BCUT2D eigenvalue weighted by atomic mass is 32.2. The molecule has 5 heterocycles. The number of aromatic nitrogens is 6. The van der Waals surface area contributed by atoms with Crippen LogP contribution in [0.5, 0.6) is 0 Å². The lowest BCUT2D eigenvalue weighted by Crippen LogP contribution is -2.10. The van der Waals surface area contributed by atoms with Gasteiger partial charge in [0.15, 0.2) is 5.65 Å². The minimum Gasteiger partial charge on any atom is -0.383 e. The van der Waals surface area contributed by atoms with Crippen LogP contribution >= 0.6 is 11.9 Å². The molecule has 6 rings (SSSR count). The van der Waals surface area contributed by atoms with Crippen LogP contribution in [0, 0.1) is 0 Å². The van der Waals surface area contributed by atoms with Crippen molar-refractivity contribution in [2.75, 3.05) is 5.73 Å². The standard InChI is InChI=1S/C26H22N8S/c1-16(20-14-18-8-3-5-12-33(18)24(20)21-10-2-4-11-29-21)34-26-22(25(27)30-15-31-26)23(32-34)17-7-6-9-19(13-17)35-28/h2-16H,28H2,1H3,(H2,27,30,31). The SMILES string of the molecule is CC(c1cc2ccccn2c1-c1ccccn1)n1nc(-c2cccc(SN)c2)c2c(N)ncnc21. The van der Waals surface area contributed by atoms with E-state index < -0.39 is 0 Å². The third kappa shape index (κ3) is 3.52. The van der Waals surface area contributed by atoms with E-state index >= 15 is 0 Å². The van der Waals surface area contributed by atoms with Crippen LogP contribution in [0.4, 0.5) is 5.82 Å². The lowest BCUT2D eigenvalue weighted by molar-refractivity contribution is 0.582. The van der Waals surface area contributed by atoms with E-state index in [0.29, 0.717) is 11.5 Å². The van der Waals surface area contributed by atoms with E-state index in [4.69, 9.17) is 16.0 Å². The highest BCUT2D eigenvalue weighted by Gasteiger charge is 2.25. The topological polar surface area (TPSA) is 113 Å². The van der Waals surface area contributed by atoms with E-state index in [9.17, 15) is 0 Å². The van der Waals surface area contributed by atoms with Crippen LogP contribution in [0.1, 0.15) is 18.5 Å². The van der Waals surface area contributed by atoms with Gasteiger partial charge in [-0.05, 0) is 61.3 Å². The Labute approximate surface area is 205 Å². The molecule has 172 valence electrons. The summed E-state index contributed by atoms with van der Waals surface area (Å²) in [6.07, 6.45) is 5.34. The first-order chi connectivity index (χ1) is 17.2.